The van der Waals surface area contributed by atoms with Crippen LogP contribution in [-0.4, -0.2) is 17.1 Å². The number of methoxy groups -OCH3 is 1. The minimum Gasteiger partial charge on any atom is -0.480 e. The molecule has 0 saturated carbocycles. The Bertz CT molecular complexity index is 202. The molecule has 0 fully saturated rings. The van der Waals surface area contributed by atoms with Gasteiger partial charge in [0.1, 0.15) is 0 Å². The minimum atomic E-state index is 0.565. The lowest BCUT2D eigenvalue weighted by Crippen LogP contribution is -1.89. The molecule has 0 spiro atoms. The number of rotatable bonds is 1. The van der Waals surface area contributed by atoms with Crippen molar-refractivity contribution in [1.82, 2.24) is 9.97 Å². The minimum absolute atomic E-state index is 0.565. The second-order valence-corrected chi connectivity index (χ2v) is 1.70. The fourth-order valence-corrected chi connectivity index (χ4v) is 0.539. The summed E-state index contributed by atoms with van der Waals surface area (Å²) in [5.74, 6) is 0.565. The third kappa shape index (κ3) is 7.25. The molecule has 1 heterocycles. The van der Waals surface area contributed by atoms with Crippen molar-refractivity contribution >= 4 is 0 Å². The average Bonchev–Trinajstić information content (AvgIpc) is 2.24. The van der Waals surface area contributed by atoms with Gasteiger partial charge in [-0.05, 0) is 6.92 Å². The maximum atomic E-state index is 4.82. The van der Waals surface area contributed by atoms with Gasteiger partial charge >= 0.3 is 0 Å². The van der Waals surface area contributed by atoms with Crippen molar-refractivity contribution in [2.24, 2.45) is 0 Å². The Labute approximate surface area is 81.2 Å². The summed E-state index contributed by atoms with van der Waals surface area (Å²) in [6.07, 6.45) is 3.26. The molecule has 3 nitrogen and oxygen atoms in total. The van der Waals surface area contributed by atoms with Crippen LogP contribution in [0.4, 0.5) is 0 Å². The fourth-order valence-electron chi connectivity index (χ4n) is 0.539. The van der Waals surface area contributed by atoms with E-state index in [-0.39, 0.29) is 0 Å². The number of ether oxygens (including phenoxy) is 1. The molecule has 1 aromatic rings. The van der Waals surface area contributed by atoms with Crippen LogP contribution in [0.3, 0.4) is 0 Å². The summed E-state index contributed by atoms with van der Waals surface area (Å²) in [6, 6.07) is 0. The zero-order valence-corrected chi connectivity index (χ0v) is 9.46. The monoisotopic (exact) mass is 184 g/mol. The molecule has 0 bridgehead atoms. The number of hydrogen-bond acceptors (Lipinski definition) is 3. The van der Waals surface area contributed by atoms with E-state index in [0.29, 0.717) is 5.88 Å². The molecule has 0 radical (unpaired) electrons. The lowest BCUT2D eigenvalue weighted by atomic mass is 10.5. The summed E-state index contributed by atoms with van der Waals surface area (Å²) < 4.78 is 4.82. The SMILES string of the molecule is CC.CC.COc1cncc(C)n1. The smallest absolute Gasteiger partial charge is 0.232 e. The average molecular weight is 184 g/mol. The predicted molar refractivity (Wildman–Crippen MR) is 56.0 cm³/mol. The lowest BCUT2D eigenvalue weighted by Gasteiger charge is -1.95. The van der Waals surface area contributed by atoms with E-state index in [0.717, 1.165) is 5.69 Å². The van der Waals surface area contributed by atoms with Gasteiger partial charge in [-0.1, -0.05) is 27.7 Å². The van der Waals surface area contributed by atoms with Crippen LogP contribution in [-0.2, 0) is 0 Å². The fraction of sp³-hybridized carbons (Fsp3) is 0.600. The Morgan fingerprint density at radius 1 is 1.08 bits per heavy atom. The van der Waals surface area contributed by atoms with Crippen LogP contribution in [0.15, 0.2) is 12.4 Å². The van der Waals surface area contributed by atoms with Gasteiger partial charge < -0.3 is 4.74 Å². The number of nitrogens with zero attached hydrogens (tertiary/aromatic N) is 2. The van der Waals surface area contributed by atoms with Gasteiger partial charge in [-0.2, -0.15) is 0 Å². The van der Waals surface area contributed by atoms with Gasteiger partial charge in [-0.25, -0.2) is 4.98 Å². The highest BCUT2D eigenvalue weighted by Crippen LogP contribution is 2.01. The summed E-state index contributed by atoms with van der Waals surface area (Å²) in [4.78, 5) is 7.87. The molecule has 0 N–H and O–H groups in total. The Morgan fingerprint density at radius 3 is 1.92 bits per heavy atom. The Morgan fingerprint density at radius 2 is 1.62 bits per heavy atom. The third-order valence-corrected chi connectivity index (χ3v) is 0.942. The highest BCUT2D eigenvalue weighted by Gasteiger charge is 1.89. The van der Waals surface area contributed by atoms with Gasteiger partial charge in [0.15, 0.2) is 0 Å². The normalized spacial score (nSPS) is 7.23. The van der Waals surface area contributed by atoms with Crippen LogP contribution in [0.5, 0.6) is 5.88 Å². The van der Waals surface area contributed by atoms with Gasteiger partial charge in [0.25, 0.3) is 0 Å². The molecule has 76 valence electrons. The van der Waals surface area contributed by atoms with Crippen molar-refractivity contribution in [2.75, 3.05) is 7.11 Å². The first-order valence-corrected chi connectivity index (χ1v) is 4.65. The zero-order valence-electron chi connectivity index (χ0n) is 9.46. The Balaban J connectivity index is 0. The quantitative estimate of drug-likeness (QED) is 0.673. The van der Waals surface area contributed by atoms with Crippen molar-refractivity contribution < 1.29 is 4.74 Å². The molecule has 0 aromatic carbocycles. The molecule has 0 aliphatic heterocycles. The predicted octanol–water partition coefficient (Wildman–Crippen LogP) is 2.85. The van der Waals surface area contributed by atoms with Crippen molar-refractivity contribution in [2.45, 2.75) is 34.6 Å². The third-order valence-electron chi connectivity index (χ3n) is 0.942. The molecule has 0 unspecified atom stereocenters. The first-order chi connectivity index (χ1) is 6.33. The van der Waals surface area contributed by atoms with Crippen molar-refractivity contribution in [1.29, 1.82) is 0 Å². The van der Waals surface area contributed by atoms with E-state index in [4.69, 9.17) is 4.74 Å². The maximum absolute atomic E-state index is 4.82. The van der Waals surface area contributed by atoms with Crippen molar-refractivity contribution in [3.8, 4) is 5.88 Å². The molecule has 0 amide bonds. The van der Waals surface area contributed by atoms with Crippen LogP contribution in [0.2, 0.25) is 0 Å². The van der Waals surface area contributed by atoms with Crippen molar-refractivity contribution in [3.05, 3.63) is 18.1 Å². The topological polar surface area (TPSA) is 35.0 Å². The molecular weight excluding hydrogens is 164 g/mol. The molecule has 3 heteroatoms. The zero-order chi connectivity index (χ0) is 10.7. The van der Waals surface area contributed by atoms with Crippen LogP contribution in [0, 0.1) is 6.92 Å². The molecule has 0 saturated heterocycles. The largest absolute Gasteiger partial charge is 0.480 e. The number of aromatic nitrogens is 2. The van der Waals surface area contributed by atoms with E-state index in [1.54, 1.807) is 19.5 Å². The summed E-state index contributed by atoms with van der Waals surface area (Å²) in [5, 5.41) is 0. The maximum Gasteiger partial charge on any atom is 0.232 e. The standard InChI is InChI=1S/C6H8N2O.2C2H6/c1-5-3-7-4-6(8-5)9-2;2*1-2/h3-4H,1-2H3;2*1-2H3. The molecule has 13 heavy (non-hydrogen) atoms. The first kappa shape index (κ1) is 14.4. The van der Waals surface area contributed by atoms with E-state index in [1.807, 2.05) is 34.6 Å². The van der Waals surface area contributed by atoms with Crippen LogP contribution >= 0.6 is 0 Å². The van der Waals surface area contributed by atoms with Gasteiger partial charge in [0.05, 0.1) is 19.0 Å². The Hall–Kier alpha value is -1.12. The van der Waals surface area contributed by atoms with Crippen LogP contribution in [0.1, 0.15) is 33.4 Å². The summed E-state index contributed by atoms with van der Waals surface area (Å²) in [5.41, 5.74) is 0.870. The lowest BCUT2D eigenvalue weighted by molar-refractivity contribution is 0.394. The molecule has 1 aromatic heterocycles. The second kappa shape index (κ2) is 10.9. The summed E-state index contributed by atoms with van der Waals surface area (Å²) >= 11 is 0. The van der Waals surface area contributed by atoms with Crippen LogP contribution in [0.25, 0.3) is 0 Å². The molecule has 0 aliphatic rings. The first-order valence-electron chi connectivity index (χ1n) is 4.65. The highest BCUT2D eigenvalue weighted by atomic mass is 16.5. The highest BCUT2D eigenvalue weighted by molar-refractivity contribution is 5.06. The van der Waals surface area contributed by atoms with E-state index >= 15 is 0 Å². The number of aryl methyl sites for hydroxylation is 1. The van der Waals surface area contributed by atoms with E-state index < -0.39 is 0 Å². The van der Waals surface area contributed by atoms with E-state index in [1.165, 1.54) is 0 Å². The summed E-state index contributed by atoms with van der Waals surface area (Å²) in [6.45, 7) is 9.87. The van der Waals surface area contributed by atoms with E-state index in [9.17, 15) is 0 Å². The van der Waals surface area contributed by atoms with Gasteiger partial charge in [0.2, 0.25) is 5.88 Å². The number of hydrogen-bond donors (Lipinski definition) is 0. The molecule has 0 atom stereocenters. The van der Waals surface area contributed by atoms with Gasteiger partial charge in [-0.3, -0.25) is 4.98 Å². The second-order valence-electron chi connectivity index (χ2n) is 1.70. The summed E-state index contributed by atoms with van der Waals surface area (Å²) in [7, 11) is 1.57. The van der Waals surface area contributed by atoms with E-state index in [2.05, 4.69) is 9.97 Å². The molecular formula is C10H20N2O. The van der Waals surface area contributed by atoms with Gasteiger partial charge in [-0.15, -0.1) is 0 Å². The molecule has 0 aliphatic carbocycles. The Kier molecular flexibility index (Phi) is 12.1. The molecule has 1 rings (SSSR count). The van der Waals surface area contributed by atoms with Crippen molar-refractivity contribution in [3.63, 3.8) is 0 Å². The van der Waals surface area contributed by atoms with Gasteiger partial charge in [0, 0.05) is 6.20 Å². The van der Waals surface area contributed by atoms with Crippen LogP contribution < -0.4 is 4.74 Å².